The van der Waals surface area contributed by atoms with Gasteiger partial charge in [-0.1, -0.05) is 18.2 Å². The highest BCUT2D eigenvalue weighted by atomic mass is 19.1. The molecule has 1 N–H and O–H groups in total. The molecule has 0 radical (unpaired) electrons. The van der Waals surface area contributed by atoms with Gasteiger partial charge in [0.25, 0.3) is 0 Å². The predicted octanol–water partition coefficient (Wildman–Crippen LogP) is 3.81. The Hall–Kier alpha value is -3.09. The van der Waals surface area contributed by atoms with E-state index in [0.717, 1.165) is 43.9 Å². The predicted molar refractivity (Wildman–Crippen MR) is 120 cm³/mol. The zero-order valence-electron chi connectivity index (χ0n) is 17.7. The quantitative estimate of drug-likeness (QED) is 0.812. The molecule has 2 saturated heterocycles. The maximum Gasteiger partial charge on any atom is 0.321 e. The Kier molecular flexibility index (Phi) is 6.70. The van der Waals surface area contributed by atoms with Crippen LogP contribution in [-0.4, -0.2) is 61.0 Å². The minimum absolute atomic E-state index is 0.101. The van der Waals surface area contributed by atoms with Crippen LogP contribution in [0, 0.1) is 11.7 Å². The van der Waals surface area contributed by atoms with E-state index < -0.39 is 0 Å². The summed E-state index contributed by atoms with van der Waals surface area (Å²) in [4.78, 5) is 31.4. The molecule has 4 rings (SSSR count). The number of nitrogens with one attached hydrogen (secondary N) is 1. The van der Waals surface area contributed by atoms with Crippen LogP contribution in [0.3, 0.4) is 0 Å². The van der Waals surface area contributed by atoms with Gasteiger partial charge in [-0.3, -0.25) is 4.79 Å². The molecule has 1 atom stereocenters. The molecule has 164 valence electrons. The molecule has 31 heavy (non-hydrogen) atoms. The first kappa shape index (κ1) is 21.2. The molecule has 2 fully saturated rings. The molecule has 2 aliphatic heterocycles. The average Bonchev–Trinajstić information content (AvgIpc) is 2.80. The van der Waals surface area contributed by atoms with Crippen LogP contribution >= 0.6 is 0 Å². The van der Waals surface area contributed by atoms with Gasteiger partial charge in [0.15, 0.2) is 0 Å². The average molecular weight is 425 g/mol. The second-order valence-corrected chi connectivity index (χ2v) is 8.30. The number of hydrogen-bond donors (Lipinski definition) is 1. The maximum absolute atomic E-state index is 13.1. The number of piperidine rings is 1. The van der Waals surface area contributed by atoms with Crippen LogP contribution < -0.4 is 10.2 Å². The summed E-state index contributed by atoms with van der Waals surface area (Å²) in [5, 5.41) is 2.94. The van der Waals surface area contributed by atoms with Gasteiger partial charge >= 0.3 is 6.03 Å². The fourth-order valence-electron chi connectivity index (χ4n) is 4.38. The minimum Gasteiger partial charge on any atom is -0.368 e. The summed E-state index contributed by atoms with van der Waals surface area (Å²) < 4.78 is 13.1. The first-order valence-corrected chi connectivity index (χ1v) is 11.0. The fraction of sp³-hybridized carbons (Fsp3) is 0.417. The minimum atomic E-state index is -0.239. The van der Waals surface area contributed by atoms with E-state index in [4.69, 9.17) is 0 Å². The van der Waals surface area contributed by atoms with E-state index in [1.807, 2.05) is 40.1 Å². The summed E-state index contributed by atoms with van der Waals surface area (Å²) in [5.41, 5.74) is 1.77. The molecule has 1 unspecified atom stereocenters. The van der Waals surface area contributed by atoms with Crippen molar-refractivity contribution in [3.8, 4) is 0 Å². The summed E-state index contributed by atoms with van der Waals surface area (Å²) in [6, 6.07) is 15.8. The molecule has 2 aromatic carbocycles. The van der Waals surface area contributed by atoms with Gasteiger partial charge < -0.3 is 20.0 Å². The largest absolute Gasteiger partial charge is 0.368 e. The molecule has 0 spiro atoms. The lowest BCUT2D eigenvalue weighted by Crippen LogP contribution is -2.50. The molecule has 0 aromatic heterocycles. The third-order valence-electron chi connectivity index (χ3n) is 6.12. The topological polar surface area (TPSA) is 55.9 Å². The monoisotopic (exact) mass is 424 g/mol. The number of benzene rings is 2. The first-order chi connectivity index (χ1) is 15.1. The number of nitrogens with zero attached hydrogens (tertiary/aromatic N) is 3. The Balaban J connectivity index is 1.25. The van der Waals surface area contributed by atoms with Gasteiger partial charge in [-0.05, 0) is 55.2 Å². The van der Waals surface area contributed by atoms with Crippen molar-refractivity contribution in [1.82, 2.24) is 9.80 Å². The third kappa shape index (κ3) is 5.54. The summed E-state index contributed by atoms with van der Waals surface area (Å²) in [7, 11) is 0. The first-order valence-electron chi connectivity index (χ1n) is 11.0. The smallest absolute Gasteiger partial charge is 0.321 e. The molecule has 7 heteroatoms. The molecule has 0 aliphatic carbocycles. The van der Waals surface area contributed by atoms with Crippen LogP contribution in [0.5, 0.6) is 0 Å². The van der Waals surface area contributed by atoms with Crippen molar-refractivity contribution in [2.45, 2.75) is 19.3 Å². The Morgan fingerprint density at radius 3 is 2.32 bits per heavy atom. The molecule has 0 saturated carbocycles. The fourth-order valence-corrected chi connectivity index (χ4v) is 4.38. The van der Waals surface area contributed by atoms with Gasteiger partial charge in [-0.15, -0.1) is 0 Å². The van der Waals surface area contributed by atoms with Crippen molar-refractivity contribution in [2.24, 2.45) is 5.92 Å². The molecular formula is C24H29FN4O2. The Morgan fingerprint density at radius 1 is 0.903 bits per heavy atom. The molecule has 3 amide bonds. The summed E-state index contributed by atoms with van der Waals surface area (Å²) in [6.45, 7) is 4.16. The number of urea groups is 1. The van der Waals surface area contributed by atoms with Crippen molar-refractivity contribution < 1.29 is 14.0 Å². The van der Waals surface area contributed by atoms with Gasteiger partial charge in [0, 0.05) is 57.1 Å². The van der Waals surface area contributed by atoms with E-state index in [-0.39, 0.29) is 23.7 Å². The molecule has 2 aromatic rings. The van der Waals surface area contributed by atoms with Crippen LogP contribution in [0.25, 0.3) is 0 Å². The number of carbonyl (C=O) groups is 2. The number of carbonyl (C=O) groups excluding carboxylic acids is 2. The lowest BCUT2D eigenvalue weighted by molar-refractivity contribution is -0.132. The number of para-hydroxylation sites is 1. The van der Waals surface area contributed by atoms with E-state index >= 15 is 0 Å². The van der Waals surface area contributed by atoms with E-state index in [1.165, 1.54) is 12.1 Å². The number of hydrogen-bond acceptors (Lipinski definition) is 3. The van der Waals surface area contributed by atoms with Gasteiger partial charge in [-0.2, -0.15) is 0 Å². The molecule has 0 bridgehead atoms. The van der Waals surface area contributed by atoms with Crippen LogP contribution in [-0.2, 0) is 4.79 Å². The maximum atomic E-state index is 13.1. The highest BCUT2D eigenvalue weighted by Gasteiger charge is 2.28. The number of amides is 3. The molecule has 6 nitrogen and oxygen atoms in total. The van der Waals surface area contributed by atoms with Crippen LogP contribution in [0.4, 0.5) is 20.6 Å². The lowest BCUT2D eigenvalue weighted by atomic mass is 9.94. The Labute approximate surface area is 182 Å². The van der Waals surface area contributed by atoms with E-state index in [9.17, 15) is 14.0 Å². The Bertz CT molecular complexity index is 882. The second kappa shape index (κ2) is 9.81. The molecular weight excluding hydrogens is 395 g/mol. The summed E-state index contributed by atoms with van der Waals surface area (Å²) >= 11 is 0. The summed E-state index contributed by atoms with van der Waals surface area (Å²) in [5.74, 6) is 0.114. The van der Waals surface area contributed by atoms with Crippen molar-refractivity contribution in [3.05, 3.63) is 60.4 Å². The molecule has 2 heterocycles. The number of anilines is 2. The Morgan fingerprint density at radius 2 is 1.61 bits per heavy atom. The highest BCUT2D eigenvalue weighted by molar-refractivity contribution is 5.89. The SMILES string of the molecule is O=C(CC1CCCN(C(=O)Nc2ccccc2)C1)N1CCN(c2ccc(F)cc2)CC1. The molecule has 2 aliphatic rings. The van der Waals surface area contributed by atoms with E-state index in [0.29, 0.717) is 26.1 Å². The van der Waals surface area contributed by atoms with Crippen molar-refractivity contribution >= 4 is 23.3 Å². The number of piperazine rings is 1. The van der Waals surface area contributed by atoms with Crippen molar-refractivity contribution in [3.63, 3.8) is 0 Å². The third-order valence-corrected chi connectivity index (χ3v) is 6.12. The van der Waals surface area contributed by atoms with Crippen LogP contribution in [0.2, 0.25) is 0 Å². The van der Waals surface area contributed by atoms with E-state index in [2.05, 4.69) is 10.2 Å². The zero-order valence-corrected chi connectivity index (χ0v) is 17.7. The van der Waals surface area contributed by atoms with Crippen LogP contribution in [0.15, 0.2) is 54.6 Å². The second-order valence-electron chi connectivity index (χ2n) is 8.30. The summed E-state index contributed by atoms with van der Waals surface area (Å²) in [6.07, 6.45) is 2.36. The standard InChI is InChI=1S/C24H29FN4O2/c25-20-8-10-22(11-9-20)27-13-15-28(16-14-27)23(30)17-19-5-4-12-29(18-19)24(31)26-21-6-2-1-3-7-21/h1-3,6-11,19H,4-5,12-18H2,(H,26,31). The van der Waals surface area contributed by atoms with Gasteiger partial charge in [-0.25, -0.2) is 9.18 Å². The lowest BCUT2D eigenvalue weighted by Gasteiger charge is -2.38. The van der Waals surface area contributed by atoms with Gasteiger partial charge in [0.2, 0.25) is 5.91 Å². The van der Waals surface area contributed by atoms with Crippen molar-refractivity contribution in [2.75, 3.05) is 49.5 Å². The van der Waals surface area contributed by atoms with Crippen LogP contribution in [0.1, 0.15) is 19.3 Å². The number of likely N-dealkylation sites (tertiary alicyclic amines) is 1. The van der Waals surface area contributed by atoms with E-state index in [1.54, 1.807) is 12.1 Å². The van der Waals surface area contributed by atoms with Crippen molar-refractivity contribution in [1.29, 1.82) is 0 Å². The van der Waals surface area contributed by atoms with Gasteiger partial charge in [0.1, 0.15) is 5.82 Å². The zero-order chi connectivity index (χ0) is 21.6. The normalized spacial score (nSPS) is 19.3. The van der Waals surface area contributed by atoms with Gasteiger partial charge in [0.05, 0.1) is 0 Å². The number of halogens is 1. The number of rotatable bonds is 4. The highest BCUT2D eigenvalue weighted by Crippen LogP contribution is 2.23.